The average molecular weight is 491 g/mol. The van der Waals surface area contributed by atoms with E-state index in [0.29, 0.717) is 6.54 Å². The smallest absolute Gasteiger partial charge is 0.308 e. The Hall–Kier alpha value is -2.89. The summed E-state index contributed by atoms with van der Waals surface area (Å²) in [4.78, 5) is 16.7. The summed E-state index contributed by atoms with van der Waals surface area (Å²) in [5.41, 5.74) is 4.12. The van der Waals surface area contributed by atoms with Crippen molar-refractivity contribution in [1.82, 2.24) is 4.90 Å². The Morgan fingerprint density at radius 3 is 2.00 bits per heavy atom. The third-order valence-corrected chi connectivity index (χ3v) is 6.72. The molecule has 0 atom stereocenters. The molecule has 0 spiro atoms. The lowest BCUT2D eigenvalue weighted by Gasteiger charge is -2.33. The van der Waals surface area contributed by atoms with Crippen LogP contribution in [0.2, 0.25) is 0 Å². The number of thiophene rings is 1. The molecule has 31 heavy (non-hydrogen) atoms. The van der Waals surface area contributed by atoms with Gasteiger partial charge in [0.25, 0.3) is 0 Å². The molecule has 0 unspecified atom stereocenters. The van der Waals surface area contributed by atoms with Gasteiger partial charge in [-0.3, -0.25) is 0 Å². The molecule has 3 aromatic carbocycles. The van der Waals surface area contributed by atoms with Gasteiger partial charge in [-0.15, -0.1) is 11.3 Å². The molecule has 0 aliphatic carbocycles. The normalized spacial score (nSPS) is 10.8. The lowest BCUT2D eigenvalue weighted by atomic mass is 9.97. The van der Waals surface area contributed by atoms with Crippen molar-refractivity contribution in [3.05, 3.63) is 122 Å². The molecule has 1 heterocycles. The van der Waals surface area contributed by atoms with Crippen LogP contribution in [0.25, 0.3) is 0 Å². The topological polar surface area (TPSA) is 32.3 Å². The molecular weight excluding hydrogens is 468 g/mol. The Kier molecular flexibility index (Phi) is 6.85. The predicted molar refractivity (Wildman–Crippen MR) is 132 cm³/mol. The standard InChI is InChI=1S/C26H23BrN2OS/c1-19-16-17-31-24(19)18-29(26(30)28-23-14-12-22(27)13-15-23)25(20-8-4-2-5-9-20)21-10-6-3-7-11-21/h2-17,25H,18H2,1H3,(H,28,30). The van der Waals surface area contributed by atoms with E-state index in [2.05, 4.69) is 63.9 Å². The largest absolute Gasteiger partial charge is 0.322 e. The van der Waals surface area contributed by atoms with Gasteiger partial charge in [0.05, 0.1) is 12.6 Å². The Morgan fingerprint density at radius 2 is 1.48 bits per heavy atom. The average Bonchev–Trinajstić information content (AvgIpc) is 3.21. The van der Waals surface area contributed by atoms with Crippen LogP contribution in [-0.4, -0.2) is 10.9 Å². The highest BCUT2D eigenvalue weighted by Crippen LogP contribution is 2.32. The highest BCUT2D eigenvalue weighted by molar-refractivity contribution is 9.10. The maximum Gasteiger partial charge on any atom is 0.322 e. The van der Waals surface area contributed by atoms with Crippen molar-refractivity contribution < 1.29 is 4.79 Å². The predicted octanol–water partition coefficient (Wildman–Crippen LogP) is 7.64. The Morgan fingerprint density at radius 1 is 0.903 bits per heavy atom. The van der Waals surface area contributed by atoms with Gasteiger partial charge in [0.2, 0.25) is 0 Å². The number of anilines is 1. The summed E-state index contributed by atoms with van der Waals surface area (Å²) in [5, 5.41) is 5.17. The number of halogens is 1. The van der Waals surface area contributed by atoms with E-state index in [1.54, 1.807) is 11.3 Å². The molecule has 0 bridgehead atoms. The number of nitrogens with one attached hydrogen (secondary N) is 1. The van der Waals surface area contributed by atoms with Gasteiger partial charge in [-0.1, -0.05) is 76.6 Å². The quantitative estimate of drug-likeness (QED) is 0.295. The van der Waals surface area contributed by atoms with E-state index in [4.69, 9.17) is 0 Å². The van der Waals surface area contributed by atoms with E-state index < -0.39 is 0 Å². The molecule has 4 rings (SSSR count). The van der Waals surface area contributed by atoms with Crippen molar-refractivity contribution in [3.63, 3.8) is 0 Å². The number of benzene rings is 3. The number of rotatable bonds is 6. The second-order valence-corrected chi connectivity index (χ2v) is 9.23. The zero-order valence-electron chi connectivity index (χ0n) is 17.2. The van der Waals surface area contributed by atoms with Crippen molar-refractivity contribution in [2.45, 2.75) is 19.5 Å². The molecule has 156 valence electrons. The van der Waals surface area contributed by atoms with Crippen molar-refractivity contribution in [1.29, 1.82) is 0 Å². The van der Waals surface area contributed by atoms with E-state index in [1.807, 2.05) is 65.6 Å². The number of carbonyl (C=O) groups is 1. The van der Waals surface area contributed by atoms with E-state index in [1.165, 1.54) is 10.4 Å². The highest BCUT2D eigenvalue weighted by atomic mass is 79.9. The van der Waals surface area contributed by atoms with E-state index in [-0.39, 0.29) is 12.1 Å². The molecule has 1 N–H and O–H groups in total. The molecule has 0 saturated heterocycles. The van der Waals surface area contributed by atoms with Crippen LogP contribution < -0.4 is 5.32 Å². The zero-order valence-corrected chi connectivity index (χ0v) is 19.6. The van der Waals surface area contributed by atoms with Crippen LogP contribution in [0.1, 0.15) is 27.6 Å². The fraction of sp³-hybridized carbons (Fsp3) is 0.115. The Bertz CT molecular complexity index is 1090. The molecule has 2 amide bonds. The first-order valence-electron chi connectivity index (χ1n) is 10.1. The molecule has 0 fully saturated rings. The molecule has 0 radical (unpaired) electrons. The van der Waals surface area contributed by atoms with Gasteiger partial charge < -0.3 is 10.2 Å². The summed E-state index contributed by atoms with van der Waals surface area (Å²) in [6.45, 7) is 2.62. The molecular formula is C26H23BrN2OS. The monoisotopic (exact) mass is 490 g/mol. The SMILES string of the molecule is Cc1ccsc1CN(C(=O)Nc1ccc(Br)cc1)C(c1ccccc1)c1ccccc1. The second kappa shape index (κ2) is 9.94. The van der Waals surface area contributed by atoms with Crippen LogP contribution >= 0.6 is 27.3 Å². The Labute approximate surface area is 195 Å². The van der Waals surface area contributed by atoms with Crippen LogP contribution in [0.3, 0.4) is 0 Å². The third kappa shape index (κ3) is 5.24. The van der Waals surface area contributed by atoms with Gasteiger partial charge >= 0.3 is 6.03 Å². The van der Waals surface area contributed by atoms with Crippen molar-refractivity contribution in [3.8, 4) is 0 Å². The van der Waals surface area contributed by atoms with Crippen molar-refractivity contribution >= 4 is 39.0 Å². The molecule has 0 saturated carbocycles. The van der Waals surface area contributed by atoms with E-state index in [9.17, 15) is 4.79 Å². The van der Waals surface area contributed by atoms with Crippen LogP contribution in [0, 0.1) is 6.92 Å². The Balaban J connectivity index is 1.75. The maximum absolute atomic E-state index is 13.6. The summed E-state index contributed by atoms with van der Waals surface area (Å²) >= 11 is 5.13. The fourth-order valence-corrected chi connectivity index (χ4v) is 4.72. The first-order chi connectivity index (χ1) is 15.1. The summed E-state index contributed by atoms with van der Waals surface area (Å²) in [6.07, 6.45) is 0. The van der Waals surface area contributed by atoms with Gasteiger partial charge in [0.15, 0.2) is 0 Å². The van der Waals surface area contributed by atoms with Crippen LogP contribution in [0.15, 0.2) is 101 Å². The molecule has 0 aliphatic rings. The lowest BCUT2D eigenvalue weighted by molar-refractivity contribution is 0.195. The van der Waals surface area contributed by atoms with Gasteiger partial charge in [-0.2, -0.15) is 0 Å². The number of carbonyl (C=O) groups excluding carboxylic acids is 1. The number of hydrogen-bond acceptors (Lipinski definition) is 2. The number of urea groups is 1. The van der Waals surface area contributed by atoms with Crippen LogP contribution in [0.4, 0.5) is 10.5 Å². The molecule has 4 aromatic rings. The van der Waals surface area contributed by atoms with Crippen molar-refractivity contribution in [2.75, 3.05) is 5.32 Å². The van der Waals surface area contributed by atoms with Crippen molar-refractivity contribution in [2.24, 2.45) is 0 Å². The summed E-state index contributed by atoms with van der Waals surface area (Å²) in [5.74, 6) is 0. The molecule has 1 aromatic heterocycles. The van der Waals surface area contributed by atoms with Crippen LogP contribution in [0.5, 0.6) is 0 Å². The summed E-state index contributed by atoms with van der Waals surface area (Å²) in [7, 11) is 0. The van der Waals surface area contributed by atoms with Crippen LogP contribution in [-0.2, 0) is 6.54 Å². The van der Waals surface area contributed by atoms with Gasteiger partial charge in [-0.05, 0) is 59.3 Å². The zero-order chi connectivity index (χ0) is 21.6. The summed E-state index contributed by atoms with van der Waals surface area (Å²) < 4.78 is 0.975. The minimum Gasteiger partial charge on any atom is -0.308 e. The lowest BCUT2D eigenvalue weighted by Crippen LogP contribution is -2.38. The number of aryl methyl sites for hydroxylation is 1. The van der Waals surface area contributed by atoms with E-state index >= 15 is 0 Å². The minimum absolute atomic E-state index is 0.132. The van der Waals surface area contributed by atoms with E-state index in [0.717, 1.165) is 21.3 Å². The number of amides is 2. The minimum atomic E-state index is -0.209. The number of nitrogens with zero attached hydrogens (tertiary/aromatic N) is 1. The summed E-state index contributed by atoms with van der Waals surface area (Å²) in [6, 6.07) is 29.8. The first-order valence-corrected chi connectivity index (χ1v) is 11.7. The third-order valence-electron chi connectivity index (χ3n) is 5.18. The van der Waals surface area contributed by atoms with Gasteiger partial charge in [0.1, 0.15) is 0 Å². The molecule has 3 nitrogen and oxygen atoms in total. The fourth-order valence-electron chi connectivity index (χ4n) is 3.55. The first kappa shape index (κ1) is 21.3. The van der Waals surface area contributed by atoms with Gasteiger partial charge in [0, 0.05) is 15.0 Å². The maximum atomic E-state index is 13.6. The highest BCUT2D eigenvalue weighted by Gasteiger charge is 2.28. The number of hydrogen-bond donors (Lipinski definition) is 1. The molecule has 5 heteroatoms. The second-order valence-electron chi connectivity index (χ2n) is 7.32. The van der Waals surface area contributed by atoms with Gasteiger partial charge in [-0.25, -0.2) is 4.79 Å². The molecule has 0 aliphatic heterocycles.